The van der Waals surface area contributed by atoms with Crippen LogP contribution in [0.2, 0.25) is 0 Å². The maximum atomic E-state index is 13.0. The maximum absolute atomic E-state index is 13.0. The van der Waals surface area contributed by atoms with Gasteiger partial charge in [-0.2, -0.15) is 0 Å². The van der Waals surface area contributed by atoms with Gasteiger partial charge in [0.25, 0.3) is 23.6 Å². The predicted octanol–water partition coefficient (Wildman–Crippen LogP) is 4.98. The second-order valence-corrected chi connectivity index (χ2v) is 9.45. The molecule has 0 spiro atoms. The lowest BCUT2D eigenvalue weighted by atomic mass is 10.0. The van der Waals surface area contributed by atoms with E-state index in [2.05, 4.69) is 0 Å². The van der Waals surface area contributed by atoms with Gasteiger partial charge in [-0.05, 0) is 41.5 Å². The molecule has 0 bridgehead atoms. The highest BCUT2D eigenvalue weighted by Gasteiger charge is 2.36. The summed E-state index contributed by atoms with van der Waals surface area (Å²) >= 11 is 0. The molecule has 7 nitrogen and oxygen atoms in total. The van der Waals surface area contributed by atoms with Gasteiger partial charge in [-0.25, -0.2) is 4.98 Å². The van der Waals surface area contributed by atoms with Crippen molar-refractivity contribution in [1.82, 2.24) is 14.8 Å². The Morgan fingerprint density at radius 1 is 0.474 bits per heavy atom. The lowest BCUT2D eigenvalue weighted by Gasteiger charge is -2.17. The molecule has 1 aromatic heterocycles. The minimum Gasteiger partial charge on any atom is -0.270 e. The third-order valence-corrected chi connectivity index (χ3v) is 7.25. The monoisotopic (exact) mass is 497 g/mol. The van der Waals surface area contributed by atoms with Crippen LogP contribution in [0, 0.1) is 0 Å². The summed E-state index contributed by atoms with van der Waals surface area (Å²) in [5, 5.41) is 1.73. The molecule has 7 heteroatoms. The number of rotatable bonds is 4. The van der Waals surface area contributed by atoms with Gasteiger partial charge in [0, 0.05) is 10.8 Å². The number of carbonyl (C=O) groups excluding carboxylic acids is 4. The standard InChI is InChI=1S/C31H19N3O4/c35-28-22-11-1-2-12-23(22)29(36)33(28)16-20-9-5-7-18-15-19-8-6-10-21(27(19)32-26(18)20)17-34-30(37)24-13-3-4-14-25(24)31(34)38/h1-15H,16-17H2. The van der Waals surface area contributed by atoms with Gasteiger partial charge in [0.1, 0.15) is 0 Å². The fraction of sp³-hybridized carbons (Fsp3) is 0.0645. The lowest BCUT2D eigenvalue weighted by Crippen LogP contribution is -2.29. The molecule has 2 aliphatic rings. The Balaban J connectivity index is 1.28. The van der Waals surface area contributed by atoms with Gasteiger partial charge in [0.05, 0.1) is 46.4 Å². The quantitative estimate of drug-likeness (QED) is 0.258. The van der Waals surface area contributed by atoms with E-state index in [0.717, 1.165) is 21.9 Å². The third-order valence-electron chi connectivity index (χ3n) is 7.25. The molecule has 3 heterocycles. The van der Waals surface area contributed by atoms with E-state index in [4.69, 9.17) is 4.98 Å². The smallest absolute Gasteiger partial charge is 0.261 e. The van der Waals surface area contributed by atoms with Crippen molar-refractivity contribution >= 4 is 45.4 Å². The molecule has 2 aliphatic heterocycles. The largest absolute Gasteiger partial charge is 0.270 e. The van der Waals surface area contributed by atoms with Gasteiger partial charge >= 0.3 is 0 Å². The van der Waals surface area contributed by atoms with Gasteiger partial charge in [-0.1, -0.05) is 60.7 Å². The molecule has 38 heavy (non-hydrogen) atoms. The topological polar surface area (TPSA) is 87.7 Å². The highest BCUT2D eigenvalue weighted by molar-refractivity contribution is 6.22. The van der Waals surface area contributed by atoms with E-state index in [-0.39, 0.29) is 36.7 Å². The van der Waals surface area contributed by atoms with Gasteiger partial charge in [0.2, 0.25) is 0 Å². The lowest BCUT2D eigenvalue weighted by molar-refractivity contribution is 0.0628. The number of benzene rings is 4. The zero-order valence-corrected chi connectivity index (χ0v) is 20.0. The number of carbonyl (C=O) groups is 4. The zero-order chi connectivity index (χ0) is 26.0. The molecular weight excluding hydrogens is 478 g/mol. The van der Waals surface area contributed by atoms with E-state index in [9.17, 15) is 19.2 Å². The number of para-hydroxylation sites is 2. The Bertz CT molecular complexity index is 1670. The van der Waals surface area contributed by atoms with Crippen LogP contribution < -0.4 is 0 Å². The van der Waals surface area contributed by atoms with Crippen molar-refractivity contribution in [3.05, 3.63) is 124 Å². The molecule has 4 aromatic carbocycles. The molecule has 4 amide bonds. The first-order chi connectivity index (χ1) is 18.5. The van der Waals surface area contributed by atoms with Crippen molar-refractivity contribution in [1.29, 1.82) is 0 Å². The van der Waals surface area contributed by atoms with E-state index < -0.39 is 0 Å². The summed E-state index contributed by atoms with van der Waals surface area (Å²) < 4.78 is 0. The molecule has 0 saturated carbocycles. The van der Waals surface area contributed by atoms with Crippen molar-refractivity contribution in [3.63, 3.8) is 0 Å². The number of aromatic nitrogens is 1. The molecule has 0 saturated heterocycles. The Morgan fingerprint density at radius 3 is 1.21 bits per heavy atom. The van der Waals surface area contributed by atoms with E-state index >= 15 is 0 Å². The molecule has 0 N–H and O–H groups in total. The van der Waals surface area contributed by atoms with Crippen molar-refractivity contribution in [3.8, 4) is 0 Å². The van der Waals surface area contributed by atoms with Crippen LogP contribution in [-0.2, 0) is 13.1 Å². The van der Waals surface area contributed by atoms with Crippen LogP contribution in [0.3, 0.4) is 0 Å². The van der Waals surface area contributed by atoms with Gasteiger partial charge < -0.3 is 0 Å². The summed E-state index contributed by atoms with van der Waals surface area (Å²) in [4.78, 5) is 59.4. The summed E-state index contributed by atoms with van der Waals surface area (Å²) in [6, 6.07) is 27.0. The zero-order valence-electron chi connectivity index (χ0n) is 20.0. The number of pyridine rings is 1. The van der Waals surface area contributed by atoms with Gasteiger partial charge in [-0.15, -0.1) is 0 Å². The first-order valence-electron chi connectivity index (χ1n) is 12.2. The summed E-state index contributed by atoms with van der Waals surface area (Å²) in [6.07, 6.45) is 0. The molecule has 7 rings (SSSR count). The van der Waals surface area contributed by atoms with Crippen LogP contribution in [0.15, 0.2) is 91.0 Å². The van der Waals surface area contributed by atoms with E-state index in [1.165, 1.54) is 9.80 Å². The van der Waals surface area contributed by atoms with Crippen LogP contribution in [-0.4, -0.2) is 38.4 Å². The first-order valence-corrected chi connectivity index (χ1v) is 12.2. The summed E-state index contributed by atoms with van der Waals surface area (Å²) in [7, 11) is 0. The summed E-state index contributed by atoms with van der Waals surface area (Å²) in [6.45, 7) is 0.172. The van der Waals surface area contributed by atoms with Gasteiger partial charge in [0.15, 0.2) is 0 Å². The molecule has 0 fully saturated rings. The first kappa shape index (κ1) is 22.1. The highest BCUT2D eigenvalue weighted by Crippen LogP contribution is 2.30. The summed E-state index contributed by atoms with van der Waals surface area (Å²) in [5.74, 6) is -1.30. The Kier molecular flexibility index (Phi) is 4.75. The van der Waals surface area contributed by atoms with E-state index in [1.807, 2.05) is 42.5 Å². The Hall–Kier alpha value is -5.17. The van der Waals surface area contributed by atoms with Crippen molar-refractivity contribution in [2.75, 3.05) is 0 Å². The molecule has 0 atom stereocenters. The molecule has 0 aliphatic carbocycles. The number of hydrogen-bond acceptors (Lipinski definition) is 5. The average Bonchev–Trinajstić information content (AvgIpc) is 3.33. The van der Waals surface area contributed by atoms with Crippen LogP contribution in [0.4, 0.5) is 0 Å². The minimum absolute atomic E-state index is 0.0861. The molecule has 0 unspecified atom stereocenters. The van der Waals surface area contributed by atoms with E-state index in [0.29, 0.717) is 33.3 Å². The molecule has 5 aromatic rings. The van der Waals surface area contributed by atoms with Crippen molar-refractivity contribution < 1.29 is 19.2 Å². The normalized spacial score (nSPS) is 14.6. The van der Waals surface area contributed by atoms with Crippen LogP contribution in [0.25, 0.3) is 21.8 Å². The number of hydrogen-bond donors (Lipinski definition) is 0. The molecule has 0 radical (unpaired) electrons. The van der Waals surface area contributed by atoms with Crippen molar-refractivity contribution in [2.45, 2.75) is 13.1 Å². The third kappa shape index (κ3) is 3.18. The fourth-order valence-electron chi connectivity index (χ4n) is 5.37. The van der Waals surface area contributed by atoms with Crippen LogP contribution in [0.1, 0.15) is 52.6 Å². The average molecular weight is 498 g/mol. The van der Waals surface area contributed by atoms with Crippen molar-refractivity contribution in [2.24, 2.45) is 0 Å². The van der Waals surface area contributed by atoms with Crippen LogP contribution >= 0.6 is 0 Å². The highest BCUT2D eigenvalue weighted by atomic mass is 16.2. The Morgan fingerprint density at radius 2 is 0.842 bits per heavy atom. The SMILES string of the molecule is O=C1c2ccccc2C(=O)N1Cc1cccc2cc3cccc(CN4C(=O)c5ccccc5C4=O)c3nc12. The van der Waals surface area contributed by atoms with Gasteiger partial charge in [-0.3, -0.25) is 29.0 Å². The molecule has 182 valence electrons. The number of nitrogens with zero attached hydrogens (tertiary/aromatic N) is 3. The number of imide groups is 2. The fourth-order valence-corrected chi connectivity index (χ4v) is 5.37. The number of fused-ring (bicyclic) bond motifs is 4. The maximum Gasteiger partial charge on any atom is 0.261 e. The minimum atomic E-state index is -0.324. The Labute approximate surface area is 216 Å². The van der Waals surface area contributed by atoms with E-state index in [1.54, 1.807) is 48.5 Å². The second kappa shape index (κ2) is 8.18. The molecular formula is C31H19N3O4. The second-order valence-electron chi connectivity index (χ2n) is 9.45. The predicted molar refractivity (Wildman–Crippen MR) is 141 cm³/mol. The van der Waals surface area contributed by atoms with Crippen LogP contribution in [0.5, 0.6) is 0 Å². The number of amides is 4. The summed E-state index contributed by atoms with van der Waals surface area (Å²) in [5.41, 5.74) is 4.39.